The number of rotatable bonds is 5. The van der Waals surface area contributed by atoms with Gasteiger partial charge in [-0.3, -0.25) is 0 Å². The first-order valence-corrected chi connectivity index (χ1v) is 9.23. The highest BCUT2D eigenvalue weighted by Crippen LogP contribution is 2.34. The minimum Gasteiger partial charge on any atom is -0.479 e. The van der Waals surface area contributed by atoms with E-state index < -0.39 is 48.2 Å². The summed E-state index contributed by atoms with van der Waals surface area (Å²) in [5, 5.41) is 39.2. The maximum absolute atomic E-state index is 11.3. The minimum atomic E-state index is -1.76. The van der Waals surface area contributed by atoms with Crippen LogP contribution in [0.3, 0.4) is 0 Å². The number of carboxylic acid groups (broad SMARTS) is 1. The lowest BCUT2D eigenvalue weighted by Gasteiger charge is -2.41. The Morgan fingerprint density at radius 3 is 2.48 bits per heavy atom. The number of carboxylic acids is 1. The lowest BCUT2D eigenvalue weighted by Crippen LogP contribution is -2.61. The number of carbonyl (C=O) groups is 1. The molecule has 0 amide bonds. The minimum absolute atomic E-state index is 0.173. The van der Waals surface area contributed by atoms with Gasteiger partial charge in [-0.05, 0) is 23.1 Å². The summed E-state index contributed by atoms with van der Waals surface area (Å²) in [7, 11) is 0. The van der Waals surface area contributed by atoms with Crippen molar-refractivity contribution >= 4 is 12.0 Å². The molecule has 0 spiro atoms. The van der Waals surface area contributed by atoms with E-state index in [0.29, 0.717) is 11.5 Å². The molecule has 160 valence electrons. The Morgan fingerprint density at radius 1 is 1.14 bits per heavy atom. The van der Waals surface area contributed by atoms with E-state index in [2.05, 4.69) is 0 Å². The molecule has 2 aliphatic heterocycles. The SMILES string of the molecule is CC(C)(C)C(/C=C/c1ccc2c(c1)OCO2)OC1OC(C(=O)O)C(O)C(O)C1O. The summed E-state index contributed by atoms with van der Waals surface area (Å²) >= 11 is 0. The van der Waals surface area contributed by atoms with Crippen molar-refractivity contribution < 1.29 is 44.2 Å². The molecule has 6 unspecified atom stereocenters. The van der Waals surface area contributed by atoms with Crippen LogP contribution in [0.5, 0.6) is 11.5 Å². The van der Waals surface area contributed by atoms with Gasteiger partial charge in [0, 0.05) is 0 Å². The van der Waals surface area contributed by atoms with Gasteiger partial charge in [0.2, 0.25) is 6.79 Å². The van der Waals surface area contributed by atoms with Crippen LogP contribution in [0.25, 0.3) is 6.08 Å². The summed E-state index contributed by atoms with van der Waals surface area (Å²) < 4.78 is 21.7. The van der Waals surface area contributed by atoms with Crippen molar-refractivity contribution in [2.75, 3.05) is 6.79 Å². The molecular formula is C20H26O9. The van der Waals surface area contributed by atoms with Crippen LogP contribution in [0.15, 0.2) is 24.3 Å². The van der Waals surface area contributed by atoms with Gasteiger partial charge in [0.05, 0.1) is 6.10 Å². The molecule has 2 heterocycles. The molecule has 3 rings (SSSR count). The Bertz CT molecular complexity index is 770. The average Bonchev–Trinajstić information content (AvgIpc) is 3.11. The van der Waals surface area contributed by atoms with E-state index in [-0.39, 0.29) is 6.79 Å². The van der Waals surface area contributed by atoms with E-state index in [1.165, 1.54) is 0 Å². The molecule has 0 saturated carbocycles. The Balaban J connectivity index is 1.77. The first-order chi connectivity index (χ1) is 13.6. The highest BCUT2D eigenvalue weighted by atomic mass is 16.7. The number of fused-ring (bicyclic) bond motifs is 1. The maximum Gasteiger partial charge on any atom is 0.335 e. The fourth-order valence-electron chi connectivity index (χ4n) is 3.06. The van der Waals surface area contributed by atoms with Gasteiger partial charge >= 0.3 is 5.97 Å². The standard InChI is InChI=1S/C20H26O9/c1-20(2,3)13(7-5-10-4-6-11-12(8-10)27-9-26-11)28-19-16(23)14(21)15(22)17(29-19)18(24)25/h4-8,13-17,19,21-23H,9H2,1-3H3,(H,24,25)/b7-5+. The number of hydrogen-bond acceptors (Lipinski definition) is 8. The van der Waals surface area contributed by atoms with Crippen LogP contribution in [0, 0.1) is 5.41 Å². The van der Waals surface area contributed by atoms with Crippen LogP contribution in [0.4, 0.5) is 0 Å². The third kappa shape index (κ3) is 4.71. The van der Waals surface area contributed by atoms with Crippen molar-refractivity contribution in [3.8, 4) is 11.5 Å². The first-order valence-electron chi connectivity index (χ1n) is 9.23. The Labute approximate surface area is 168 Å². The summed E-state index contributed by atoms with van der Waals surface area (Å²) in [6.07, 6.45) is -5.29. The number of aliphatic hydroxyl groups excluding tert-OH is 3. The van der Waals surface area contributed by atoms with Gasteiger partial charge in [0.15, 0.2) is 23.9 Å². The summed E-state index contributed by atoms with van der Waals surface area (Å²) in [6.45, 7) is 5.87. The monoisotopic (exact) mass is 410 g/mol. The van der Waals surface area contributed by atoms with E-state index in [0.717, 1.165) is 5.56 Å². The maximum atomic E-state index is 11.3. The number of aliphatic carboxylic acids is 1. The van der Waals surface area contributed by atoms with E-state index in [9.17, 15) is 25.2 Å². The van der Waals surface area contributed by atoms with Crippen LogP contribution >= 0.6 is 0 Å². The summed E-state index contributed by atoms with van der Waals surface area (Å²) in [5.41, 5.74) is 0.381. The van der Waals surface area contributed by atoms with Crippen molar-refractivity contribution in [3.05, 3.63) is 29.8 Å². The Hall–Kier alpha value is -2.17. The van der Waals surface area contributed by atoms with Crippen LogP contribution in [-0.4, -0.2) is 70.0 Å². The molecule has 0 radical (unpaired) electrons. The molecule has 2 aliphatic rings. The number of benzene rings is 1. The van der Waals surface area contributed by atoms with Crippen LogP contribution in [-0.2, 0) is 14.3 Å². The second-order valence-corrected chi connectivity index (χ2v) is 8.13. The smallest absolute Gasteiger partial charge is 0.335 e. The average molecular weight is 410 g/mol. The van der Waals surface area contributed by atoms with Gasteiger partial charge in [-0.25, -0.2) is 4.79 Å². The molecule has 6 atom stereocenters. The highest BCUT2D eigenvalue weighted by molar-refractivity contribution is 5.73. The van der Waals surface area contributed by atoms with Crippen LogP contribution in [0.1, 0.15) is 26.3 Å². The van der Waals surface area contributed by atoms with E-state index in [1.807, 2.05) is 32.9 Å². The third-order valence-corrected chi connectivity index (χ3v) is 4.81. The summed E-state index contributed by atoms with van der Waals surface area (Å²) in [6, 6.07) is 5.44. The van der Waals surface area contributed by atoms with E-state index >= 15 is 0 Å². The predicted octanol–water partition coefficient (Wildman–Crippen LogP) is 0.752. The molecule has 0 aliphatic carbocycles. The zero-order valence-electron chi connectivity index (χ0n) is 16.4. The van der Waals surface area contributed by atoms with Crippen LogP contribution in [0.2, 0.25) is 0 Å². The number of ether oxygens (including phenoxy) is 4. The van der Waals surface area contributed by atoms with Gasteiger partial charge in [0.25, 0.3) is 0 Å². The van der Waals surface area contributed by atoms with E-state index in [1.54, 1.807) is 18.2 Å². The number of aliphatic hydroxyl groups is 3. The largest absolute Gasteiger partial charge is 0.479 e. The fraction of sp³-hybridized carbons (Fsp3) is 0.550. The molecule has 0 bridgehead atoms. The van der Waals surface area contributed by atoms with Gasteiger partial charge in [-0.2, -0.15) is 0 Å². The van der Waals surface area contributed by atoms with Gasteiger partial charge in [-0.1, -0.05) is 39.0 Å². The molecular weight excluding hydrogens is 384 g/mol. The quantitative estimate of drug-likeness (QED) is 0.554. The molecule has 1 saturated heterocycles. The molecule has 1 aromatic carbocycles. The first kappa shape index (κ1) is 21.5. The third-order valence-electron chi connectivity index (χ3n) is 4.81. The van der Waals surface area contributed by atoms with Gasteiger partial charge in [0.1, 0.15) is 18.3 Å². The van der Waals surface area contributed by atoms with Crippen molar-refractivity contribution in [2.45, 2.75) is 57.6 Å². The molecule has 1 fully saturated rings. The highest BCUT2D eigenvalue weighted by Gasteiger charge is 2.48. The Morgan fingerprint density at radius 2 is 1.83 bits per heavy atom. The summed E-state index contributed by atoms with van der Waals surface area (Å²) in [5.74, 6) is -0.162. The predicted molar refractivity (Wildman–Crippen MR) is 100 cm³/mol. The van der Waals surface area contributed by atoms with Crippen LogP contribution < -0.4 is 9.47 Å². The van der Waals surface area contributed by atoms with Gasteiger partial charge < -0.3 is 39.4 Å². The van der Waals surface area contributed by atoms with Gasteiger partial charge in [-0.15, -0.1) is 0 Å². The lowest BCUT2D eigenvalue weighted by molar-refractivity contribution is -0.306. The zero-order valence-corrected chi connectivity index (χ0v) is 16.4. The number of hydrogen-bond donors (Lipinski definition) is 4. The molecule has 0 aromatic heterocycles. The molecule has 9 heteroatoms. The fourth-order valence-corrected chi connectivity index (χ4v) is 3.06. The van der Waals surface area contributed by atoms with E-state index in [4.69, 9.17) is 18.9 Å². The normalized spacial score (nSPS) is 30.5. The second-order valence-electron chi connectivity index (χ2n) is 8.13. The molecule has 1 aromatic rings. The van der Waals surface area contributed by atoms with Crippen molar-refractivity contribution in [1.29, 1.82) is 0 Å². The molecule has 29 heavy (non-hydrogen) atoms. The van der Waals surface area contributed by atoms with Crippen molar-refractivity contribution in [1.82, 2.24) is 0 Å². The summed E-state index contributed by atoms with van der Waals surface area (Å²) in [4.78, 5) is 11.3. The lowest BCUT2D eigenvalue weighted by atomic mass is 9.88. The molecule has 9 nitrogen and oxygen atoms in total. The topological polar surface area (TPSA) is 135 Å². The molecule has 4 N–H and O–H groups in total. The Kier molecular flexibility index (Phi) is 6.16. The van der Waals surface area contributed by atoms with Crippen molar-refractivity contribution in [3.63, 3.8) is 0 Å². The zero-order chi connectivity index (χ0) is 21.3. The van der Waals surface area contributed by atoms with Crippen molar-refractivity contribution in [2.24, 2.45) is 5.41 Å². The second kappa shape index (κ2) is 8.29.